The third-order valence-corrected chi connectivity index (χ3v) is 4.23. The molecule has 0 bridgehead atoms. The zero-order valence-corrected chi connectivity index (χ0v) is 15.2. The first kappa shape index (κ1) is 18.6. The number of benzene rings is 1. The van der Waals surface area contributed by atoms with E-state index in [1.807, 2.05) is 12.1 Å². The van der Waals surface area contributed by atoms with Gasteiger partial charge in [0.2, 0.25) is 0 Å². The molecule has 0 saturated heterocycles. The quantitative estimate of drug-likeness (QED) is 0.636. The topological polar surface area (TPSA) is 76.2 Å². The zero-order chi connectivity index (χ0) is 18.7. The second kappa shape index (κ2) is 7.47. The van der Waals surface area contributed by atoms with E-state index in [0.29, 0.717) is 28.3 Å². The lowest BCUT2D eigenvalue weighted by Crippen LogP contribution is -2.15. The highest BCUT2D eigenvalue weighted by molar-refractivity contribution is 6.02. The van der Waals surface area contributed by atoms with Gasteiger partial charge < -0.3 is 9.72 Å². The Kier molecular flexibility index (Phi) is 5.57. The Morgan fingerprint density at radius 1 is 1.08 bits per heavy atom. The SMILES string of the molecule is CC(=O)c1c(C)[nH]c(C(=O)OCC(=O)c2ccc(C(C)C)cc2)c1C. The van der Waals surface area contributed by atoms with E-state index in [4.69, 9.17) is 4.74 Å². The summed E-state index contributed by atoms with van der Waals surface area (Å²) in [7, 11) is 0. The van der Waals surface area contributed by atoms with Crippen LogP contribution in [0.3, 0.4) is 0 Å². The number of Topliss-reactive ketones (excluding diaryl/α,β-unsaturated/α-hetero) is 2. The maximum absolute atomic E-state index is 12.2. The Bertz CT molecular complexity index is 813. The number of hydrogen-bond acceptors (Lipinski definition) is 4. The van der Waals surface area contributed by atoms with Gasteiger partial charge >= 0.3 is 5.97 Å². The first-order valence-electron chi connectivity index (χ1n) is 8.22. The number of aryl methyl sites for hydroxylation is 1. The minimum absolute atomic E-state index is 0.119. The third-order valence-electron chi connectivity index (χ3n) is 4.23. The molecule has 0 amide bonds. The van der Waals surface area contributed by atoms with Gasteiger partial charge in [0.1, 0.15) is 5.69 Å². The molecule has 0 radical (unpaired) electrons. The van der Waals surface area contributed by atoms with E-state index >= 15 is 0 Å². The molecule has 0 aliphatic carbocycles. The molecule has 1 N–H and O–H groups in total. The summed E-state index contributed by atoms with van der Waals surface area (Å²) >= 11 is 0. The van der Waals surface area contributed by atoms with Crippen LogP contribution in [-0.2, 0) is 4.74 Å². The summed E-state index contributed by atoms with van der Waals surface area (Å²) in [5.41, 5.74) is 3.51. The first-order chi connectivity index (χ1) is 11.7. The van der Waals surface area contributed by atoms with E-state index in [1.54, 1.807) is 26.0 Å². The fourth-order valence-electron chi connectivity index (χ4n) is 2.82. The van der Waals surface area contributed by atoms with Gasteiger partial charge in [0.15, 0.2) is 18.2 Å². The standard InChI is InChI=1S/C20H23NO4/c1-11(2)15-6-8-16(9-7-15)17(23)10-25-20(24)19-12(3)18(14(5)22)13(4)21-19/h6-9,11,21H,10H2,1-5H3. The summed E-state index contributed by atoms with van der Waals surface area (Å²) in [5, 5.41) is 0. The molecule has 5 heteroatoms. The van der Waals surface area contributed by atoms with Crippen molar-refractivity contribution in [3.8, 4) is 0 Å². The normalized spacial score (nSPS) is 10.8. The van der Waals surface area contributed by atoms with Crippen molar-refractivity contribution in [2.24, 2.45) is 0 Å². The van der Waals surface area contributed by atoms with E-state index in [2.05, 4.69) is 18.8 Å². The number of esters is 1. The van der Waals surface area contributed by atoms with Crippen LogP contribution in [0.25, 0.3) is 0 Å². The van der Waals surface area contributed by atoms with Gasteiger partial charge in [-0.2, -0.15) is 0 Å². The molecule has 1 aromatic heterocycles. The van der Waals surface area contributed by atoms with Gasteiger partial charge in [0.05, 0.1) is 0 Å². The van der Waals surface area contributed by atoms with Gasteiger partial charge in [-0.05, 0) is 37.8 Å². The average Bonchev–Trinajstić information content (AvgIpc) is 2.87. The monoisotopic (exact) mass is 341 g/mol. The molecule has 2 rings (SSSR count). The predicted molar refractivity (Wildman–Crippen MR) is 95.4 cm³/mol. The highest BCUT2D eigenvalue weighted by Gasteiger charge is 2.21. The zero-order valence-electron chi connectivity index (χ0n) is 15.2. The summed E-state index contributed by atoms with van der Waals surface area (Å²) < 4.78 is 5.12. The van der Waals surface area contributed by atoms with Gasteiger partial charge in [0, 0.05) is 16.8 Å². The number of carbonyl (C=O) groups excluding carboxylic acids is 3. The number of rotatable bonds is 6. The molecule has 2 aromatic rings. The van der Waals surface area contributed by atoms with Crippen molar-refractivity contribution < 1.29 is 19.1 Å². The highest BCUT2D eigenvalue weighted by atomic mass is 16.5. The van der Waals surface area contributed by atoms with E-state index in [-0.39, 0.29) is 23.9 Å². The highest BCUT2D eigenvalue weighted by Crippen LogP contribution is 2.19. The lowest BCUT2D eigenvalue weighted by Gasteiger charge is -2.07. The van der Waals surface area contributed by atoms with Crippen LogP contribution in [0.15, 0.2) is 24.3 Å². The molecule has 1 aromatic carbocycles. The smallest absolute Gasteiger partial charge is 0.355 e. The number of hydrogen-bond donors (Lipinski definition) is 1. The minimum Gasteiger partial charge on any atom is -0.453 e. The van der Waals surface area contributed by atoms with Crippen LogP contribution >= 0.6 is 0 Å². The number of carbonyl (C=O) groups is 3. The fraction of sp³-hybridized carbons (Fsp3) is 0.350. The molecule has 132 valence electrons. The molecule has 0 aliphatic rings. The van der Waals surface area contributed by atoms with Gasteiger partial charge in [-0.3, -0.25) is 9.59 Å². The Morgan fingerprint density at radius 3 is 2.16 bits per heavy atom. The molecule has 0 fully saturated rings. The van der Waals surface area contributed by atoms with Gasteiger partial charge in [0.25, 0.3) is 0 Å². The second-order valence-electron chi connectivity index (χ2n) is 6.46. The number of ether oxygens (including phenoxy) is 1. The summed E-state index contributed by atoms with van der Waals surface area (Å²) in [4.78, 5) is 38.9. The summed E-state index contributed by atoms with van der Waals surface area (Å²) in [6.45, 7) is 8.67. The van der Waals surface area contributed by atoms with Crippen LogP contribution in [0.2, 0.25) is 0 Å². The van der Waals surface area contributed by atoms with Crippen LogP contribution < -0.4 is 0 Å². The van der Waals surface area contributed by atoms with Crippen molar-refractivity contribution >= 4 is 17.5 Å². The minimum atomic E-state index is -0.639. The number of H-pyrrole nitrogens is 1. The van der Waals surface area contributed by atoms with Crippen LogP contribution in [0.5, 0.6) is 0 Å². The maximum Gasteiger partial charge on any atom is 0.355 e. The first-order valence-corrected chi connectivity index (χ1v) is 8.22. The van der Waals surface area contributed by atoms with Crippen LogP contribution in [0.4, 0.5) is 0 Å². The van der Waals surface area contributed by atoms with E-state index in [1.165, 1.54) is 6.92 Å². The van der Waals surface area contributed by atoms with Gasteiger partial charge in [-0.25, -0.2) is 4.79 Å². The summed E-state index contributed by atoms with van der Waals surface area (Å²) in [6, 6.07) is 7.28. The van der Waals surface area contributed by atoms with Crippen LogP contribution in [-0.4, -0.2) is 29.1 Å². The Labute approximate surface area is 147 Å². The van der Waals surface area contributed by atoms with Crippen molar-refractivity contribution in [1.82, 2.24) is 4.98 Å². The molecule has 0 aliphatic heterocycles. The number of nitrogens with one attached hydrogen (secondary N) is 1. The van der Waals surface area contributed by atoms with Crippen molar-refractivity contribution in [1.29, 1.82) is 0 Å². The number of aromatic amines is 1. The van der Waals surface area contributed by atoms with Crippen LogP contribution in [0, 0.1) is 13.8 Å². The van der Waals surface area contributed by atoms with Crippen molar-refractivity contribution in [3.05, 3.63) is 57.9 Å². The number of ketones is 2. The molecular formula is C20H23NO4. The molecule has 0 unspecified atom stereocenters. The lowest BCUT2D eigenvalue weighted by atomic mass is 10.0. The van der Waals surface area contributed by atoms with Gasteiger partial charge in [-0.15, -0.1) is 0 Å². The molecule has 1 heterocycles. The van der Waals surface area contributed by atoms with Crippen molar-refractivity contribution in [3.63, 3.8) is 0 Å². The number of aromatic nitrogens is 1. The fourth-order valence-corrected chi connectivity index (χ4v) is 2.82. The average molecular weight is 341 g/mol. The molecule has 25 heavy (non-hydrogen) atoms. The van der Waals surface area contributed by atoms with E-state index in [9.17, 15) is 14.4 Å². The van der Waals surface area contributed by atoms with E-state index in [0.717, 1.165) is 5.56 Å². The summed E-state index contributed by atoms with van der Waals surface area (Å²) in [6.07, 6.45) is 0. The van der Waals surface area contributed by atoms with E-state index < -0.39 is 5.97 Å². The lowest BCUT2D eigenvalue weighted by molar-refractivity contribution is 0.0468. The Hall–Kier alpha value is -2.69. The van der Waals surface area contributed by atoms with Crippen molar-refractivity contribution in [2.45, 2.75) is 40.5 Å². The molecular weight excluding hydrogens is 318 g/mol. The largest absolute Gasteiger partial charge is 0.453 e. The summed E-state index contributed by atoms with van der Waals surface area (Å²) in [5.74, 6) is -0.639. The van der Waals surface area contributed by atoms with Crippen molar-refractivity contribution in [2.75, 3.05) is 6.61 Å². The molecule has 0 saturated carbocycles. The molecule has 5 nitrogen and oxygen atoms in total. The Morgan fingerprint density at radius 2 is 1.68 bits per heavy atom. The predicted octanol–water partition coefficient (Wildman–Crippen LogP) is 4.00. The third kappa shape index (κ3) is 4.05. The maximum atomic E-state index is 12.2. The molecule has 0 spiro atoms. The Balaban J connectivity index is 2.06. The second-order valence-corrected chi connectivity index (χ2v) is 6.46. The van der Waals surface area contributed by atoms with Gasteiger partial charge in [-0.1, -0.05) is 38.1 Å². The molecule has 0 atom stereocenters. The van der Waals surface area contributed by atoms with Crippen LogP contribution in [0.1, 0.15) is 74.7 Å².